The lowest BCUT2D eigenvalue weighted by Gasteiger charge is -2.34. The molecule has 0 spiro atoms. The van der Waals surface area contributed by atoms with Gasteiger partial charge in [-0.25, -0.2) is 0 Å². The molecule has 1 fully saturated rings. The molecular weight excluding hydrogens is 232 g/mol. The number of carbonyl (C=O) groups is 2. The molecule has 0 saturated heterocycles. The first-order valence-corrected chi connectivity index (χ1v) is 6.35. The lowest BCUT2D eigenvalue weighted by Crippen LogP contribution is -2.48. The average Bonchev–Trinajstić information content (AvgIpc) is 2.36. The summed E-state index contributed by atoms with van der Waals surface area (Å²) in [6.45, 7) is 0. The SMILES string of the molecule is CN(C)C(C1=NN=NC(=O)C1=O)C1CCCCC1. The van der Waals surface area contributed by atoms with Crippen molar-refractivity contribution in [3.8, 4) is 0 Å². The zero-order valence-corrected chi connectivity index (χ0v) is 10.8. The van der Waals surface area contributed by atoms with Crippen LogP contribution in [0.5, 0.6) is 0 Å². The quantitative estimate of drug-likeness (QED) is 0.711. The number of hydrogen-bond acceptors (Lipinski definition) is 5. The zero-order valence-electron chi connectivity index (χ0n) is 10.8. The molecule has 0 aromatic rings. The summed E-state index contributed by atoms with van der Waals surface area (Å²) in [5, 5.41) is 10.4. The maximum Gasteiger partial charge on any atom is 0.339 e. The molecule has 2 aliphatic rings. The van der Waals surface area contributed by atoms with Crippen molar-refractivity contribution in [2.45, 2.75) is 38.1 Å². The molecule has 1 saturated carbocycles. The van der Waals surface area contributed by atoms with Gasteiger partial charge < -0.3 is 4.90 Å². The minimum Gasteiger partial charge on any atom is -0.300 e. The Labute approximate surface area is 106 Å². The van der Waals surface area contributed by atoms with E-state index in [-0.39, 0.29) is 11.8 Å². The second-order valence-corrected chi connectivity index (χ2v) is 5.12. The lowest BCUT2D eigenvalue weighted by atomic mass is 9.80. The first-order chi connectivity index (χ1) is 8.61. The molecule has 0 bridgehead atoms. The van der Waals surface area contributed by atoms with E-state index in [9.17, 15) is 9.59 Å². The summed E-state index contributed by atoms with van der Waals surface area (Å²) in [5.41, 5.74) is 0.256. The summed E-state index contributed by atoms with van der Waals surface area (Å²) in [7, 11) is 3.82. The van der Waals surface area contributed by atoms with Gasteiger partial charge in [-0.1, -0.05) is 24.4 Å². The molecule has 2 rings (SSSR count). The van der Waals surface area contributed by atoms with Crippen LogP contribution in [0.3, 0.4) is 0 Å². The summed E-state index contributed by atoms with van der Waals surface area (Å²) in [6.07, 6.45) is 5.73. The van der Waals surface area contributed by atoms with E-state index in [0.29, 0.717) is 5.92 Å². The third-order valence-corrected chi connectivity index (χ3v) is 3.65. The van der Waals surface area contributed by atoms with E-state index in [1.165, 1.54) is 19.3 Å². The van der Waals surface area contributed by atoms with E-state index in [2.05, 4.69) is 15.4 Å². The summed E-state index contributed by atoms with van der Waals surface area (Å²) >= 11 is 0. The van der Waals surface area contributed by atoms with Crippen molar-refractivity contribution in [1.82, 2.24) is 4.90 Å². The topological polar surface area (TPSA) is 74.5 Å². The van der Waals surface area contributed by atoms with Crippen LogP contribution in [0.1, 0.15) is 32.1 Å². The van der Waals surface area contributed by atoms with Gasteiger partial charge in [0.1, 0.15) is 5.71 Å². The minimum atomic E-state index is -0.803. The molecule has 1 aliphatic carbocycles. The van der Waals surface area contributed by atoms with Crippen LogP contribution in [0.4, 0.5) is 0 Å². The molecule has 1 amide bonds. The van der Waals surface area contributed by atoms with Gasteiger partial charge >= 0.3 is 5.91 Å². The molecule has 98 valence electrons. The number of carbonyl (C=O) groups excluding carboxylic acids is 2. The normalized spacial score (nSPS) is 23.4. The molecule has 1 heterocycles. The maximum atomic E-state index is 11.9. The van der Waals surface area contributed by atoms with E-state index in [1.54, 1.807) is 0 Å². The van der Waals surface area contributed by atoms with Gasteiger partial charge in [0.25, 0.3) is 5.78 Å². The number of amides is 1. The molecule has 1 aliphatic heterocycles. The van der Waals surface area contributed by atoms with Crippen LogP contribution in [-0.4, -0.2) is 42.4 Å². The second-order valence-electron chi connectivity index (χ2n) is 5.12. The Balaban J connectivity index is 2.24. The van der Waals surface area contributed by atoms with Crippen molar-refractivity contribution in [2.24, 2.45) is 21.4 Å². The molecule has 6 nitrogen and oxygen atoms in total. The first-order valence-electron chi connectivity index (χ1n) is 6.35. The minimum absolute atomic E-state index is 0.124. The van der Waals surface area contributed by atoms with Crippen molar-refractivity contribution in [2.75, 3.05) is 14.1 Å². The molecule has 1 unspecified atom stereocenters. The summed E-state index contributed by atoms with van der Waals surface area (Å²) in [5.74, 6) is -1.03. The summed E-state index contributed by atoms with van der Waals surface area (Å²) in [4.78, 5) is 25.1. The fourth-order valence-corrected chi connectivity index (χ4v) is 2.84. The molecule has 0 radical (unpaired) electrons. The van der Waals surface area contributed by atoms with Gasteiger partial charge in [0.05, 0.1) is 6.04 Å². The highest BCUT2D eigenvalue weighted by Crippen LogP contribution is 2.29. The lowest BCUT2D eigenvalue weighted by molar-refractivity contribution is -0.132. The number of Topliss-reactive ketones (excluding diaryl/α,β-unsaturated/α-hetero) is 1. The van der Waals surface area contributed by atoms with Crippen LogP contribution >= 0.6 is 0 Å². The van der Waals surface area contributed by atoms with Crippen LogP contribution in [0.2, 0.25) is 0 Å². The van der Waals surface area contributed by atoms with Crippen LogP contribution in [0.15, 0.2) is 15.4 Å². The predicted molar refractivity (Wildman–Crippen MR) is 66.4 cm³/mol. The Morgan fingerprint density at radius 1 is 1.17 bits per heavy atom. The smallest absolute Gasteiger partial charge is 0.300 e. The van der Waals surface area contributed by atoms with E-state index in [4.69, 9.17) is 0 Å². The summed E-state index contributed by atoms with van der Waals surface area (Å²) < 4.78 is 0. The Hall–Kier alpha value is -1.43. The Kier molecular flexibility index (Phi) is 3.96. The number of nitrogens with zero attached hydrogens (tertiary/aromatic N) is 4. The van der Waals surface area contributed by atoms with Gasteiger partial charge in [0, 0.05) is 0 Å². The predicted octanol–water partition coefficient (Wildman–Crippen LogP) is 1.41. The van der Waals surface area contributed by atoms with Crippen molar-refractivity contribution >= 4 is 17.4 Å². The van der Waals surface area contributed by atoms with Crippen LogP contribution in [0.25, 0.3) is 0 Å². The van der Waals surface area contributed by atoms with E-state index < -0.39 is 11.7 Å². The molecule has 18 heavy (non-hydrogen) atoms. The van der Waals surface area contributed by atoms with Crippen LogP contribution in [0, 0.1) is 5.92 Å². The molecule has 0 aromatic carbocycles. The number of rotatable bonds is 3. The van der Waals surface area contributed by atoms with Crippen molar-refractivity contribution in [1.29, 1.82) is 0 Å². The highest BCUT2D eigenvalue weighted by molar-refractivity contribution is 6.66. The van der Waals surface area contributed by atoms with Gasteiger partial charge in [-0.05, 0) is 38.1 Å². The maximum absolute atomic E-state index is 11.9. The molecule has 0 N–H and O–H groups in total. The zero-order chi connectivity index (χ0) is 13.1. The van der Waals surface area contributed by atoms with E-state index in [1.807, 2.05) is 19.0 Å². The molecule has 6 heteroatoms. The fourth-order valence-electron chi connectivity index (χ4n) is 2.84. The third kappa shape index (κ3) is 2.53. The van der Waals surface area contributed by atoms with E-state index in [0.717, 1.165) is 12.8 Å². The molecular formula is C12H18N4O2. The van der Waals surface area contributed by atoms with E-state index >= 15 is 0 Å². The van der Waals surface area contributed by atoms with Crippen molar-refractivity contribution in [3.63, 3.8) is 0 Å². The van der Waals surface area contributed by atoms with Gasteiger partial charge in [0.15, 0.2) is 0 Å². The monoisotopic (exact) mass is 250 g/mol. The third-order valence-electron chi connectivity index (χ3n) is 3.65. The molecule has 1 atom stereocenters. The second kappa shape index (κ2) is 5.48. The number of ketones is 1. The fraction of sp³-hybridized carbons (Fsp3) is 0.750. The standard InChI is InChI=1S/C12H18N4O2/c1-16(2)10(8-6-4-3-5-7-8)9-11(17)12(18)14-15-13-9/h8,10H,3-7H2,1-2H3. The number of hydrogen-bond donors (Lipinski definition) is 0. The van der Waals surface area contributed by atoms with Gasteiger partial charge in [-0.15, -0.1) is 5.10 Å². The first kappa shape index (κ1) is 13.0. The van der Waals surface area contributed by atoms with Crippen molar-refractivity contribution in [3.05, 3.63) is 0 Å². The van der Waals surface area contributed by atoms with Gasteiger partial charge in [-0.2, -0.15) is 0 Å². The van der Waals surface area contributed by atoms with Crippen molar-refractivity contribution < 1.29 is 9.59 Å². The van der Waals surface area contributed by atoms with Crippen LogP contribution in [-0.2, 0) is 9.59 Å². The Morgan fingerprint density at radius 2 is 1.83 bits per heavy atom. The largest absolute Gasteiger partial charge is 0.339 e. The Bertz CT molecular complexity index is 408. The van der Waals surface area contributed by atoms with Crippen LogP contribution < -0.4 is 0 Å². The van der Waals surface area contributed by atoms with Gasteiger partial charge in [0.2, 0.25) is 0 Å². The molecule has 0 aromatic heterocycles. The average molecular weight is 250 g/mol. The summed E-state index contributed by atoms with van der Waals surface area (Å²) in [6, 6.07) is -0.124. The Morgan fingerprint density at radius 3 is 2.44 bits per heavy atom. The highest BCUT2D eigenvalue weighted by atomic mass is 16.2. The van der Waals surface area contributed by atoms with Gasteiger partial charge in [-0.3, -0.25) is 9.59 Å². The highest BCUT2D eigenvalue weighted by Gasteiger charge is 2.37.